The van der Waals surface area contributed by atoms with Crippen LogP contribution >= 0.6 is 11.3 Å². The van der Waals surface area contributed by atoms with Crippen LogP contribution < -0.4 is 0 Å². The van der Waals surface area contributed by atoms with E-state index in [2.05, 4.69) is 4.98 Å². The van der Waals surface area contributed by atoms with Crippen LogP contribution in [-0.2, 0) is 16.1 Å². The number of aromatic nitrogens is 1. The van der Waals surface area contributed by atoms with Gasteiger partial charge in [-0.1, -0.05) is 30.3 Å². The van der Waals surface area contributed by atoms with Gasteiger partial charge in [0, 0.05) is 11.9 Å². The molecule has 0 aliphatic heterocycles. The quantitative estimate of drug-likeness (QED) is 0.818. The smallest absolute Gasteiger partial charge is 0.248 e. The second kappa shape index (κ2) is 7.51. The first-order valence-corrected chi connectivity index (χ1v) is 8.12. The third kappa shape index (κ3) is 4.15. The fourth-order valence-corrected chi connectivity index (χ4v) is 3.17. The van der Waals surface area contributed by atoms with Crippen LogP contribution in [0.3, 0.4) is 0 Å². The Morgan fingerprint density at radius 3 is 2.59 bits per heavy atom. The first-order valence-electron chi connectivity index (χ1n) is 7.30. The number of nitrogens with zero attached hydrogens (tertiary/aromatic N) is 2. The monoisotopic (exact) mass is 318 g/mol. The molecule has 118 valence electrons. The Bertz CT molecular complexity index is 625. The Kier molecular flexibility index (Phi) is 5.69. The van der Waals surface area contributed by atoms with Gasteiger partial charge in [-0.3, -0.25) is 4.79 Å². The molecule has 0 fully saturated rings. The van der Waals surface area contributed by atoms with Crippen molar-refractivity contribution >= 4 is 17.2 Å². The molecule has 0 aliphatic rings. The average molecular weight is 318 g/mol. The van der Waals surface area contributed by atoms with Crippen molar-refractivity contribution in [1.82, 2.24) is 9.88 Å². The Balaban J connectivity index is 1.87. The summed E-state index contributed by atoms with van der Waals surface area (Å²) >= 11 is 1.66. The molecule has 0 saturated carbocycles. The number of benzene rings is 1. The van der Waals surface area contributed by atoms with Gasteiger partial charge in [0.15, 0.2) is 0 Å². The molecule has 0 bridgehead atoms. The summed E-state index contributed by atoms with van der Waals surface area (Å²) in [5, 5.41) is 1.03. The number of amides is 1. The number of carbonyl (C=O) groups is 1. The van der Waals surface area contributed by atoms with E-state index in [1.54, 1.807) is 23.3 Å². The van der Waals surface area contributed by atoms with Crippen LogP contribution in [0, 0.1) is 13.8 Å². The maximum Gasteiger partial charge on any atom is 0.248 e. The van der Waals surface area contributed by atoms with Crippen LogP contribution in [0.15, 0.2) is 30.3 Å². The predicted octanol–water partition coefficient (Wildman–Crippen LogP) is 3.50. The molecule has 0 spiro atoms. The summed E-state index contributed by atoms with van der Waals surface area (Å²) in [6.45, 7) is 6.55. The molecule has 2 rings (SSSR count). The molecular formula is C17H22N2O2S. The van der Waals surface area contributed by atoms with Gasteiger partial charge >= 0.3 is 0 Å². The fourth-order valence-electron chi connectivity index (χ4n) is 2.26. The molecule has 0 saturated heterocycles. The van der Waals surface area contributed by atoms with E-state index < -0.39 is 0 Å². The van der Waals surface area contributed by atoms with Gasteiger partial charge in [-0.05, 0) is 26.3 Å². The van der Waals surface area contributed by atoms with Crippen molar-refractivity contribution in [1.29, 1.82) is 0 Å². The highest BCUT2D eigenvalue weighted by molar-refractivity contribution is 7.11. The molecule has 0 unspecified atom stereocenters. The minimum Gasteiger partial charge on any atom is -0.367 e. The number of carbonyl (C=O) groups excluding carboxylic acids is 1. The zero-order valence-corrected chi connectivity index (χ0v) is 14.3. The van der Waals surface area contributed by atoms with Crippen LogP contribution in [0.4, 0.5) is 0 Å². The van der Waals surface area contributed by atoms with Gasteiger partial charge in [-0.15, -0.1) is 11.3 Å². The molecule has 4 nitrogen and oxygen atoms in total. The lowest BCUT2D eigenvalue weighted by molar-refractivity contribution is -0.137. The SMILES string of the molecule is Cc1nc([C@@H](C)N(C)C(=O)COCc2ccccc2)c(C)s1. The highest BCUT2D eigenvalue weighted by Crippen LogP contribution is 2.26. The molecule has 22 heavy (non-hydrogen) atoms. The summed E-state index contributed by atoms with van der Waals surface area (Å²) in [5.41, 5.74) is 2.04. The summed E-state index contributed by atoms with van der Waals surface area (Å²) in [4.78, 5) is 19.6. The zero-order chi connectivity index (χ0) is 16.1. The average Bonchev–Trinajstić information content (AvgIpc) is 2.85. The fraction of sp³-hybridized carbons (Fsp3) is 0.412. The maximum atomic E-state index is 12.2. The van der Waals surface area contributed by atoms with E-state index >= 15 is 0 Å². The number of aryl methyl sites for hydroxylation is 2. The van der Waals surface area contributed by atoms with Crippen LogP contribution in [0.1, 0.15) is 34.1 Å². The van der Waals surface area contributed by atoms with Crippen molar-refractivity contribution in [2.75, 3.05) is 13.7 Å². The molecule has 1 heterocycles. The van der Waals surface area contributed by atoms with Crippen molar-refractivity contribution in [3.8, 4) is 0 Å². The summed E-state index contributed by atoms with van der Waals surface area (Å²) in [5.74, 6) is -0.0338. The molecule has 5 heteroatoms. The second-order valence-electron chi connectivity index (χ2n) is 5.33. The van der Waals surface area contributed by atoms with E-state index in [4.69, 9.17) is 4.74 Å². The number of ether oxygens (including phenoxy) is 1. The summed E-state index contributed by atoms with van der Waals surface area (Å²) < 4.78 is 5.52. The molecule has 2 aromatic rings. The molecule has 0 radical (unpaired) electrons. The van der Waals surface area contributed by atoms with Crippen molar-refractivity contribution in [3.63, 3.8) is 0 Å². The normalized spacial score (nSPS) is 12.2. The number of hydrogen-bond donors (Lipinski definition) is 0. The minimum atomic E-state index is -0.0437. The van der Waals surface area contributed by atoms with E-state index in [0.29, 0.717) is 6.61 Å². The standard InChI is InChI=1S/C17H22N2O2S/c1-12(17-13(2)22-14(3)18-17)19(4)16(20)11-21-10-15-8-6-5-7-9-15/h5-9,12H,10-11H2,1-4H3/t12-/m1/s1. The first kappa shape index (κ1) is 16.6. The van der Waals surface area contributed by atoms with Gasteiger partial charge in [-0.2, -0.15) is 0 Å². The Morgan fingerprint density at radius 2 is 2.00 bits per heavy atom. The number of rotatable bonds is 6. The first-order chi connectivity index (χ1) is 10.5. The van der Waals surface area contributed by atoms with Crippen molar-refractivity contribution < 1.29 is 9.53 Å². The van der Waals surface area contributed by atoms with E-state index in [-0.39, 0.29) is 18.6 Å². The van der Waals surface area contributed by atoms with Gasteiger partial charge in [0.05, 0.1) is 23.4 Å². The molecule has 0 N–H and O–H groups in total. The van der Waals surface area contributed by atoms with Gasteiger partial charge in [0.1, 0.15) is 6.61 Å². The van der Waals surface area contributed by atoms with E-state index in [1.807, 2.05) is 51.1 Å². The highest BCUT2D eigenvalue weighted by Gasteiger charge is 2.21. The lowest BCUT2D eigenvalue weighted by atomic mass is 10.2. The Hall–Kier alpha value is -1.72. The molecule has 1 atom stereocenters. The summed E-state index contributed by atoms with van der Waals surface area (Å²) in [7, 11) is 1.80. The predicted molar refractivity (Wildman–Crippen MR) is 88.9 cm³/mol. The molecule has 0 aliphatic carbocycles. The van der Waals surface area contributed by atoms with Crippen LogP contribution in [0.2, 0.25) is 0 Å². The summed E-state index contributed by atoms with van der Waals surface area (Å²) in [6.07, 6.45) is 0. The molecule has 1 aromatic heterocycles. The third-order valence-corrected chi connectivity index (χ3v) is 4.55. The van der Waals surface area contributed by atoms with E-state index in [0.717, 1.165) is 21.1 Å². The number of thiazole rings is 1. The lowest BCUT2D eigenvalue weighted by Crippen LogP contribution is -2.33. The maximum absolute atomic E-state index is 12.2. The van der Waals surface area contributed by atoms with Gasteiger partial charge < -0.3 is 9.64 Å². The van der Waals surface area contributed by atoms with Gasteiger partial charge in [0.2, 0.25) is 5.91 Å². The topological polar surface area (TPSA) is 42.4 Å². The van der Waals surface area contributed by atoms with E-state index in [1.165, 1.54) is 0 Å². The Morgan fingerprint density at radius 1 is 1.32 bits per heavy atom. The molecule has 1 aromatic carbocycles. The molecular weight excluding hydrogens is 296 g/mol. The number of likely N-dealkylation sites (N-methyl/N-ethyl adjacent to an activating group) is 1. The van der Waals surface area contributed by atoms with Crippen molar-refractivity contribution in [2.24, 2.45) is 0 Å². The van der Waals surface area contributed by atoms with Crippen molar-refractivity contribution in [2.45, 2.75) is 33.4 Å². The largest absolute Gasteiger partial charge is 0.367 e. The van der Waals surface area contributed by atoms with Gasteiger partial charge in [0.25, 0.3) is 0 Å². The van der Waals surface area contributed by atoms with Crippen molar-refractivity contribution in [3.05, 3.63) is 51.5 Å². The molecule has 1 amide bonds. The Labute approximate surface area is 135 Å². The van der Waals surface area contributed by atoms with Gasteiger partial charge in [-0.25, -0.2) is 4.98 Å². The van der Waals surface area contributed by atoms with E-state index in [9.17, 15) is 4.79 Å². The third-order valence-electron chi connectivity index (χ3n) is 3.65. The highest BCUT2D eigenvalue weighted by atomic mass is 32.1. The number of hydrogen-bond acceptors (Lipinski definition) is 4. The summed E-state index contributed by atoms with van der Waals surface area (Å²) in [6, 6.07) is 9.81. The van der Waals surface area contributed by atoms with Crippen LogP contribution in [0.25, 0.3) is 0 Å². The van der Waals surface area contributed by atoms with Crippen LogP contribution in [0.5, 0.6) is 0 Å². The minimum absolute atomic E-state index is 0.0338. The zero-order valence-electron chi connectivity index (χ0n) is 13.5. The second-order valence-corrected chi connectivity index (χ2v) is 6.74. The van der Waals surface area contributed by atoms with Crippen LogP contribution in [-0.4, -0.2) is 29.4 Å². The lowest BCUT2D eigenvalue weighted by Gasteiger charge is -2.24.